The lowest BCUT2D eigenvalue weighted by atomic mass is 10.4. The molecule has 1 fully saturated rings. The second kappa shape index (κ2) is 8.96. The van der Waals surface area contributed by atoms with Gasteiger partial charge in [-0.15, -0.1) is 11.8 Å². The molecule has 1 atom stereocenters. The molecular formula is C16H22ClNOS2. The molecule has 0 heterocycles. The number of carbonyl (C=O) groups is 1. The van der Waals surface area contributed by atoms with Crippen LogP contribution in [0.25, 0.3) is 0 Å². The van der Waals surface area contributed by atoms with Crippen LogP contribution in [0, 0.1) is 0 Å². The molecule has 0 aliphatic heterocycles. The first-order chi connectivity index (χ1) is 10.1. The van der Waals surface area contributed by atoms with Gasteiger partial charge in [-0.25, -0.2) is 0 Å². The van der Waals surface area contributed by atoms with Gasteiger partial charge in [0.25, 0.3) is 0 Å². The highest BCUT2D eigenvalue weighted by Gasteiger charge is 2.16. The van der Waals surface area contributed by atoms with E-state index in [1.54, 1.807) is 11.8 Å². The molecule has 1 aliphatic rings. The van der Waals surface area contributed by atoms with Crippen LogP contribution >= 0.6 is 35.1 Å². The molecule has 1 aromatic carbocycles. The van der Waals surface area contributed by atoms with Crippen molar-refractivity contribution >= 4 is 41.0 Å². The van der Waals surface area contributed by atoms with Crippen LogP contribution < -0.4 is 5.32 Å². The van der Waals surface area contributed by atoms with E-state index in [-0.39, 0.29) is 11.2 Å². The summed E-state index contributed by atoms with van der Waals surface area (Å²) in [5.41, 5.74) is 0. The Hall–Kier alpha value is -0.320. The standard InChI is InChI=1S/C16H22ClNOS2/c1-12(21-15-8-6-13(17)7-9-15)16(19)18-10-11-20-14-4-2-3-5-14/h6-9,12,14H,2-5,10-11H2,1H3,(H,18,19)/t12-/m0/s1. The summed E-state index contributed by atoms with van der Waals surface area (Å²) >= 11 is 9.43. The van der Waals surface area contributed by atoms with Crippen LogP contribution in [-0.4, -0.2) is 28.7 Å². The molecule has 0 saturated heterocycles. The molecule has 0 spiro atoms. The maximum atomic E-state index is 12.0. The number of hydrogen-bond donors (Lipinski definition) is 1. The summed E-state index contributed by atoms with van der Waals surface area (Å²) in [6.45, 7) is 2.71. The van der Waals surface area contributed by atoms with Gasteiger partial charge in [-0.05, 0) is 44.0 Å². The topological polar surface area (TPSA) is 29.1 Å². The molecule has 0 bridgehead atoms. The average molecular weight is 344 g/mol. The van der Waals surface area contributed by atoms with Crippen LogP contribution in [0.4, 0.5) is 0 Å². The molecule has 1 N–H and O–H groups in total. The Morgan fingerprint density at radius 2 is 2.00 bits per heavy atom. The Bertz CT molecular complexity index is 446. The van der Waals surface area contributed by atoms with E-state index in [0.29, 0.717) is 0 Å². The molecule has 1 aromatic rings. The molecule has 2 nitrogen and oxygen atoms in total. The van der Waals surface area contributed by atoms with E-state index in [2.05, 4.69) is 5.32 Å². The normalized spacial score (nSPS) is 16.9. The van der Waals surface area contributed by atoms with Gasteiger partial charge in [0.1, 0.15) is 0 Å². The van der Waals surface area contributed by atoms with Crippen molar-refractivity contribution in [1.29, 1.82) is 0 Å². The van der Waals surface area contributed by atoms with Crippen LogP contribution in [0.5, 0.6) is 0 Å². The average Bonchev–Trinajstić information content (AvgIpc) is 2.99. The Labute approximate surface area is 140 Å². The molecule has 1 aliphatic carbocycles. The van der Waals surface area contributed by atoms with Crippen LogP contribution in [0.2, 0.25) is 5.02 Å². The van der Waals surface area contributed by atoms with E-state index < -0.39 is 0 Å². The van der Waals surface area contributed by atoms with Crippen LogP contribution in [-0.2, 0) is 4.79 Å². The van der Waals surface area contributed by atoms with E-state index in [1.165, 1.54) is 25.7 Å². The lowest BCUT2D eigenvalue weighted by molar-refractivity contribution is -0.120. The summed E-state index contributed by atoms with van der Waals surface area (Å²) in [6.07, 6.45) is 5.44. The second-order valence-electron chi connectivity index (χ2n) is 5.28. The monoisotopic (exact) mass is 343 g/mol. The first kappa shape index (κ1) is 17.0. The highest BCUT2D eigenvalue weighted by molar-refractivity contribution is 8.00. The van der Waals surface area contributed by atoms with Gasteiger partial charge >= 0.3 is 0 Å². The molecular weight excluding hydrogens is 322 g/mol. The molecule has 1 amide bonds. The molecule has 0 unspecified atom stereocenters. The summed E-state index contributed by atoms with van der Waals surface area (Å²) in [6, 6.07) is 7.61. The fourth-order valence-corrected chi connectivity index (χ4v) is 4.61. The van der Waals surface area contributed by atoms with Gasteiger partial charge in [0, 0.05) is 27.5 Å². The van der Waals surface area contributed by atoms with Crippen molar-refractivity contribution in [1.82, 2.24) is 5.32 Å². The summed E-state index contributed by atoms with van der Waals surface area (Å²) in [4.78, 5) is 13.1. The van der Waals surface area contributed by atoms with Gasteiger partial charge < -0.3 is 5.32 Å². The van der Waals surface area contributed by atoms with Crippen molar-refractivity contribution in [3.05, 3.63) is 29.3 Å². The van der Waals surface area contributed by atoms with Crippen LogP contribution in [0.3, 0.4) is 0 Å². The highest BCUT2D eigenvalue weighted by Crippen LogP contribution is 2.29. The highest BCUT2D eigenvalue weighted by atomic mass is 35.5. The molecule has 5 heteroatoms. The number of hydrogen-bond acceptors (Lipinski definition) is 3. The minimum absolute atomic E-state index is 0.0809. The fraction of sp³-hybridized carbons (Fsp3) is 0.562. The van der Waals surface area contributed by atoms with Crippen molar-refractivity contribution < 1.29 is 4.79 Å². The lowest BCUT2D eigenvalue weighted by Crippen LogP contribution is -2.32. The van der Waals surface area contributed by atoms with Crippen LogP contribution in [0.15, 0.2) is 29.2 Å². The van der Waals surface area contributed by atoms with Crippen molar-refractivity contribution in [2.24, 2.45) is 0 Å². The molecule has 0 aromatic heterocycles. The third-order valence-electron chi connectivity index (χ3n) is 3.55. The first-order valence-electron chi connectivity index (χ1n) is 7.46. The molecule has 116 valence electrons. The number of halogens is 1. The van der Waals surface area contributed by atoms with Gasteiger partial charge in [-0.1, -0.05) is 24.4 Å². The van der Waals surface area contributed by atoms with Gasteiger partial charge in [0.2, 0.25) is 5.91 Å². The summed E-state index contributed by atoms with van der Waals surface area (Å²) in [5, 5.41) is 4.50. The minimum atomic E-state index is -0.0809. The Balaban J connectivity index is 1.63. The van der Waals surface area contributed by atoms with Crippen molar-refractivity contribution in [3.8, 4) is 0 Å². The molecule has 1 saturated carbocycles. The maximum absolute atomic E-state index is 12.0. The number of nitrogens with one attached hydrogen (secondary N) is 1. The number of thioether (sulfide) groups is 2. The predicted molar refractivity (Wildman–Crippen MR) is 94.5 cm³/mol. The van der Waals surface area contributed by atoms with E-state index in [4.69, 9.17) is 11.6 Å². The van der Waals surface area contributed by atoms with E-state index in [1.807, 2.05) is 43.0 Å². The molecule has 0 radical (unpaired) electrons. The summed E-state index contributed by atoms with van der Waals surface area (Å²) in [5.74, 6) is 1.14. The zero-order chi connectivity index (χ0) is 15.1. The maximum Gasteiger partial charge on any atom is 0.233 e. The van der Waals surface area contributed by atoms with Crippen molar-refractivity contribution in [2.75, 3.05) is 12.3 Å². The van der Waals surface area contributed by atoms with Crippen molar-refractivity contribution in [2.45, 2.75) is 48.0 Å². The second-order valence-corrected chi connectivity index (χ2v) is 8.54. The van der Waals surface area contributed by atoms with Gasteiger partial charge in [0.15, 0.2) is 0 Å². The minimum Gasteiger partial charge on any atom is -0.354 e. The Morgan fingerprint density at radius 3 is 2.67 bits per heavy atom. The van der Waals surface area contributed by atoms with Crippen LogP contribution in [0.1, 0.15) is 32.6 Å². The Morgan fingerprint density at radius 1 is 1.33 bits per heavy atom. The fourth-order valence-electron chi connectivity index (χ4n) is 2.37. The number of benzene rings is 1. The van der Waals surface area contributed by atoms with Crippen molar-refractivity contribution in [3.63, 3.8) is 0 Å². The number of amides is 1. The third kappa shape index (κ3) is 6.13. The van der Waals surface area contributed by atoms with E-state index in [0.717, 1.165) is 27.5 Å². The Kier molecular flexibility index (Phi) is 7.27. The van der Waals surface area contributed by atoms with E-state index in [9.17, 15) is 4.79 Å². The van der Waals surface area contributed by atoms with E-state index >= 15 is 0 Å². The largest absolute Gasteiger partial charge is 0.354 e. The zero-order valence-corrected chi connectivity index (χ0v) is 14.7. The SMILES string of the molecule is C[C@H](Sc1ccc(Cl)cc1)C(=O)NCCSC1CCCC1. The summed E-state index contributed by atoms with van der Waals surface area (Å²) in [7, 11) is 0. The van der Waals surface area contributed by atoms with Gasteiger partial charge in [0.05, 0.1) is 5.25 Å². The third-order valence-corrected chi connectivity index (χ3v) is 6.30. The molecule has 21 heavy (non-hydrogen) atoms. The molecule has 2 rings (SSSR count). The van der Waals surface area contributed by atoms with Gasteiger partial charge in [-0.2, -0.15) is 11.8 Å². The predicted octanol–water partition coefficient (Wildman–Crippen LogP) is 4.61. The zero-order valence-electron chi connectivity index (χ0n) is 12.3. The quantitative estimate of drug-likeness (QED) is 0.579. The number of carbonyl (C=O) groups excluding carboxylic acids is 1. The lowest BCUT2D eigenvalue weighted by Gasteiger charge is -2.13. The van der Waals surface area contributed by atoms with Gasteiger partial charge in [-0.3, -0.25) is 4.79 Å². The smallest absolute Gasteiger partial charge is 0.233 e. The summed E-state index contributed by atoms with van der Waals surface area (Å²) < 4.78 is 0. The first-order valence-corrected chi connectivity index (χ1v) is 9.77. The number of rotatable bonds is 7.